The SMILES string of the molecule is COC(=O)c1ccc(NC(=O)/C(C#N)=C/c2cc(Cl)c(Cc3ccccc3Br)c(OC)c2)cc1. The van der Waals surface area contributed by atoms with Gasteiger partial charge in [0.05, 0.1) is 19.8 Å². The van der Waals surface area contributed by atoms with E-state index >= 15 is 0 Å². The zero-order chi connectivity index (χ0) is 24.7. The Bertz CT molecular complexity index is 1300. The second-order valence-electron chi connectivity index (χ2n) is 7.14. The van der Waals surface area contributed by atoms with Gasteiger partial charge in [-0.3, -0.25) is 4.79 Å². The minimum Gasteiger partial charge on any atom is -0.496 e. The zero-order valence-electron chi connectivity index (χ0n) is 18.4. The Kier molecular flexibility index (Phi) is 8.47. The van der Waals surface area contributed by atoms with Crippen LogP contribution in [0.2, 0.25) is 5.02 Å². The van der Waals surface area contributed by atoms with Gasteiger partial charge in [0.1, 0.15) is 17.4 Å². The topological polar surface area (TPSA) is 88.4 Å². The molecule has 3 rings (SSSR count). The van der Waals surface area contributed by atoms with Crippen molar-refractivity contribution in [1.82, 2.24) is 0 Å². The van der Waals surface area contributed by atoms with E-state index in [1.807, 2.05) is 30.3 Å². The number of carbonyl (C=O) groups excluding carboxylic acids is 2. The fourth-order valence-electron chi connectivity index (χ4n) is 3.22. The van der Waals surface area contributed by atoms with Crippen LogP contribution in [0.4, 0.5) is 5.69 Å². The largest absolute Gasteiger partial charge is 0.496 e. The Morgan fingerprint density at radius 2 is 1.82 bits per heavy atom. The normalized spacial score (nSPS) is 10.9. The average Bonchev–Trinajstić information content (AvgIpc) is 2.84. The number of nitriles is 1. The maximum absolute atomic E-state index is 12.6. The van der Waals surface area contributed by atoms with Crippen molar-refractivity contribution >= 4 is 51.2 Å². The van der Waals surface area contributed by atoms with E-state index in [0.717, 1.165) is 15.6 Å². The molecule has 1 N–H and O–H groups in total. The lowest BCUT2D eigenvalue weighted by Crippen LogP contribution is -2.13. The van der Waals surface area contributed by atoms with Crippen LogP contribution in [0.1, 0.15) is 27.0 Å². The van der Waals surface area contributed by atoms with Crippen molar-refractivity contribution in [3.8, 4) is 11.8 Å². The molecule has 0 radical (unpaired) electrons. The highest BCUT2D eigenvalue weighted by molar-refractivity contribution is 9.10. The van der Waals surface area contributed by atoms with Crippen LogP contribution >= 0.6 is 27.5 Å². The number of ether oxygens (including phenoxy) is 2. The second kappa shape index (κ2) is 11.5. The first kappa shape index (κ1) is 25.0. The minimum atomic E-state index is -0.597. The number of carbonyl (C=O) groups is 2. The summed E-state index contributed by atoms with van der Waals surface area (Å²) in [4.78, 5) is 24.2. The molecule has 0 heterocycles. The van der Waals surface area contributed by atoms with Gasteiger partial charge in [-0.2, -0.15) is 5.26 Å². The fourth-order valence-corrected chi connectivity index (χ4v) is 3.93. The fraction of sp³-hybridized carbons (Fsp3) is 0.115. The molecule has 0 aliphatic carbocycles. The number of anilines is 1. The summed E-state index contributed by atoms with van der Waals surface area (Å²) in [6.07, 6.45) is 1.98. The lowest BCUT2D eigenvalue weighted by molar-refractivity contribution is -0.112. The van der Waals surface area contributed by atoms with Crippen LogP contribution in [0.3, 0.4) is 0 Å². The van der Waals surface area contributed by atoms with Gasteiger partial charge in [0.25, 0.3) is 5.91 Å². The van der Waals surface area contributed by atoms with E-state index in [9.17, 15) is 14.9 Å². The minimum absolute atomic E-state index is 0.117. The quantitative estimate of drug-likeness (QED) is 0.225. The molecular formula is C26H20BrClN2O4. The van der Waals surface area contributed by atoms with Gasteiger partial charge in [-0.05, 0) is 59.7 Å². The number of nitrogens with zero attached hydrogens (tertiary/aromatic N) is 1. The molecule has 0 saturated heterocycles. The molecule has 34 heavy (non-hydrogen) atoms. The highest BCUT2D eigenvalue weighted by Crippen LogP contribution is 2.33. The summed E-state index contributed by atoms with van der Waals surface area (Å²) in [6, 6.07) is 19.3. The van der Waals surface area contributed by atoms with Crippen molar-refractivity contribution in [1.29, 1.82) is 5.26 Å². The van der Waals surface area contributed by atoms with Gasteiger partial charge in [-0.25, -0.2) is 4.79 Å². The van der Waals surface area contributed by atoms with Crippen LogP contribution in [0, 0.1) is 11.3 Å². The summed E-state index contributed by atoms with van der Waals surface area (Å²) < 4.78 is 11.2. The summed E-state index contributed by atoms with van der Waals surface area (Å²) >= 11 is 10.1. The van der Waals surface area contributed by atoms with E-state index < -0.39 is 11.9 Å². The Morgan fingerprint density at radius 3 is 2.44 bits per heavy atom. The number of amides is 1. The van der Waals surface area contributed by atoms with E-state index in [2.05, 4.69) is 26.0 Å². The first-order chi connectivity index (χ1) is 16.4. The van der Waals surface area contributed by atoms with Crippen molar-refractivity contribution < 1.29 is 19.1 Å². The maximum Gasteiger partial charge on any atom is 0.337 e. The number of esters is 1. The first-order valence-electron chi connectivity index (χ1n) is 10.1. The first-order valence-corrected chi connectivity index (χ1v) is 11.2. The van der Waals surface area contributed by atoms with Gasteiger partial charge in [-0.15, -0.1) is 0 Å². The van der Waals surface area contributed by atoms with Gasteiger partial charge in [-0.1, -0.05) is 45.7 Å². The predicted octanol–water partition coefficient (Wildman–Crippen LogP) is 6.03. The summed E-state index contributed by atoms with van der Waals surface area (Å²) in [5.41, 5.74) is 3.04. The van der Waals surface area contributed by atoms with Crippen LogP contribution in [0.5, 0.6) is 5.75 Å². The van der Waals surface area contributed by atoms with Crippen molar-refractivity contribution in [2.75, 3.05) is 19.5 Å². The van der Waals surface area contributed by atoms with Crippen LogP contribution in [0.25, 0.3) is 6.08 Å². The number of benzene rings is 3. The molecule has 3 aromatic carbocycles. The molecule has 1 amide bonds. The Labute approximate surface area is 210 Å². The second-order valence-corrected chi connectivity index (χ2v) is 8.41. The molecule has 0 aliphatic heterocycles. The number of nitrogens with one attached hydrogen (secondary N) is 1. The lowest BCUT2D eigenvalue weighted by atomic mass is 10.0. The Morgan fingerprint density at radius 1 is 1.12 bits per heavy atom. The zero-order valence-corrected chi connectivity index (χ0v) is 20.7. The number of methoxy groups -OCH3 is 2. The van der Waals surface area contributed by atoms with Gasteiger partial charge in [0.15, 0.2) is 0 Å². The number of hydrogen-bond donors (Lipinski definition) is 1. The van der Waals surface area contributed by atoms with Crippen molar-refractivity contribution in [2.45, 2.75) is 6.42 Å². The van der Waals surface area contributed by atoms with Crippen LogP contribution in [-0.2, 0) is 16.0 Å². The van der Waals surface area contributed by atoms with Crippen molar-refractivity contribution in [3.05, 3.63) is 98.0 Å². The number of halogens is 2. The van der Waals surface area contributed by atoms with Crippen LogP contribution in [-0.4, -0.2) is 26.1 Å². The van der Waals surface area contributed by atoms with Crippen molar-refractivity contribution in [2.24, 2.45) is 0 Å². The van der Waals surface area contributed by atoms with E-state index in [1.165, 1.54) is 25.3 Å². The molecular weight excluding hydrogens is 520 g/mol. The summed E-state index contributed by atoms with van der Waals surface area (Å²) in [6.45, 7) is 0. The summed E-state index contributed by atoms with van der Waals surface area (Å²) in [7, 11) is 2.83. The van der Waals surface area contributed by atoms with Crippen molar-refractivity contribution in [3.63, 3.8) is 0 Å². The third kappa shape index (κ3) is 6.04. The molecule has 8 heteroatoms. The average molecular weight is 540 g/mol. The molecule has 0 fully saturated rings. The van der Waals surface area contributed by atoms with E-state index in [-0.39, 0.29) is 5.57 Å². The van der Waals surface area contributed by atoms with Gasteiger partial charge in [0.2, 0.25) is 0 Å². The van der Waals surface area contributed by atoms with Crippen LogP contribution in [0.15, 0.2) is 70.7 Å². The van der Waals surface area contributed by atoms with Crippen LogP contribution < -0.4 is 10.1 Å². The molecule has 0 atom stereocenters. The van der Waals surface area contributed by atoms with Gasteiger partial charge < -0.3 is 14.8 Å². The Hall–Kier alpha value is -3.60. The smallest absolute Gasteiger partial charge is 0.337 e. The summed E-state index contributed by atoms with van der Waals surface area (Å²) in [5, 5.41) is 12.6. The van der Waals surface area contributed by atoms with Gasteiger partial charge in [0, 0.05) is 27.2 Å². The van der Waals surface area contributed by atoms with E-state index in [1.54, 1.807) is 31.4 Å². The molecule has 3 aromatic rings. The highest BCUT2D eigenvalue weighted by atomic mass is 79.9. The highest BCUT2D eigenvalue weighted by Gasteiger charge is 2.15. The molecule has 0 unspecified atom stereocenters. The monoisotopic (exact) mass is 538 g/mol. The molecule has 0 bridgehead atoms. The third-order valence-corrected chi connectivity index (χ3v) is 6.07. The third-order valence-electron chi connectivity index (χ3n) is 4.96. The molecule has 0 saturated carbocycles. The number of rotatable bonds is 7. The molecule has 0 aromatic heterocycles. The Balaban J connectivity index is 1.84. The number of hydrogen-bond acceptors (Lipinski definition) is 5. The van der Waals surface area contributed by atoms with Gasteiger partial charge >= 0.3 is 5.97 Å². The molecule has 172 valence electrons. The maximum atomic E-state index is 12.6. The standard InChI is InChI=1S/C26H20BrClN2O4/c1-33-24-13-16(12-23(28)21(24)14-18-5-3-4-6-22(18)27)11-19(15-29)25(31)30-20-9-7-17(8-10-20)26(32)34-2/h3-13H,14H2,1-2H3,(H,30,31)/b19-11+. The van der Waals surface area contributed by atoms with E-state index in [0.29, 0.717) is 34.0 Å². The summed E-state index contributed by atoms with van der Waals surface area (Å²) in [5.74, 6) is -0.532. The molecule has 0 aliphatic rings. The lowest BCUT2D eigenvalue weighted by Gasteiger charge is -2.13. The predicted molar refractivity (Wildman–Crippen MR) is 135 cm³/mol. The van der Waals surface area contributed by atoms with E-state index in [4.69, 9.17) is 16.3 Å². The molecule has 0 spiro atoms. The molecule has 6 nitrogen and oxygen atoms in total.